The number of hydrogen-bond donors (Lipinski definition) is 1. The van der Waals surface area contributed by atoms with Crippen molar-refractivity contribution in [2.24, 2.45) is 0 Å². The van der Waals surface area contributed by atoms with E-state index >= 15 is 0 Å². The van der Waals surface area contributed by atoms with Crippen LogP contribution in [-0.2, 0) is 22.4 Å². The van der Waals surface area contributed by atoms with Gasteiger partial charge in [-0.25, -0.2) is 0 Å². The first-order valence-corrected chi connectivity index (χ1v) is 7.91. The molecule has 1 aromatic carbocycles. The highest BCUT2D eigenvalue weighted by Gasteiger charge is 2.44. The molecule has 0 radical (unpaired) electrons. The standard InChI is InChI=1S/C17H18N2O3/c20-15-9-14(16(21)18-15)19(13-6-7-13)17(22)12-5-4-10-2-1-3-11(10)8-12/h4-5,8,13-14H,1-3,6-7,9H2,(H,18,20,21)/t14-/m1/s1. The molecule has 2 aliphatic carbocycles. The lowest BCUT2D eigenvalue weighted by Crippen LogP contribution is -2.45. The molecule has 3 aliphatic rings. The monoisotopic (exact) mass is 298 g/mol. The maximum atomic E-state index is 12.9. The summed E-state index contributed by atoms with van der Waals surface area (Å²) in [6.07, 6.45) is 5.14. The number of benzene rings is 1. The van der Waals surface area contributed by atoms with Crippen LogP contribution in [0.5, 0.6) is 0 Å². The van der Waals surface area contributed by atoms with Gasteiger partial charge in [-0.15, -0.1) is 0 Å². The molecular weight excluding hydrogens is 280 g/mol. The normalized spacial score (nSPS) is 23.4. The van der Waals surface area contributed by atoms with E-state index in [1.54, 1.807) is 4.90 Å². The van der Waals surface area contributed by atoms with Crippen molar-refractivity contribution >= 4 is 17.7 Å². The zero-order valence-corrected chi connectivity index (χ0v) is 12.3. The molecule has 0 spiro atoms. The highest BCUT2D eigenvalue weighted by atomic mass is 16.2. The minimum absolute atomic E-state index is 0.0893. The largest absolute Gasteiger partial charge is 0.323 e. The fourth-order valence-corrected chi connectivity index (χ4v) is 3.53. The van der Waals surface area contributed by atoms with E-state index in [1.807, 2.05) is 18.2 Å². The molecule has 2 fully saturated rings. The molecule has 4 rings (SSSR count). The second-order valence-corrected chi connectivity index (χ2v) is 6.41. The minimum atomic E-state index is -0.638. The number of aryl methyl sites for hydroxylation is 2. The first-order chi connectivity index (χ1) is 10.6. The van der Waals surface area contributed by atoms with Crippen molar-refractivity contribution in [1.82, 2.24) is 10.2 Å². The molecule has 3 amide bonds. The van der Waals surface area contributed by atoms with Gasteiger partial charge in [-0.05, 0) is 55.4 Å². The van der Waals surface area contributed by atoms with E-state index in [0.29, 0.717) is 5.56 Å². The summed E-state index contributed by atoms with van der Waals surface area (Å²) in [6, 6.07) is 5.31. The van der Waals surface area contributed by atoms with Crippen LogP contribution < -0.4 is 5.32 Å². The summed E-state index contributed by atoms with van der Waals surface area (Å²) in [5.41, 5.74) is 3.21. The predicted octanol–water partition coefficient (Wildman–Crippen LogP) is 1.20. The van der Waals surface area contributed by atoms with Crippen LogP contribution in [0.1, 0.15) is 47.2 Å². The van der Waals surface area contributed by atoms with Crippen LogP contribution in [0.25, 0.3) is 0 Å². The number of carbonyl (C=O) groups is 3. The fraction of sp³-hybridized carbons (Fsp3) is 0.471. The highest BCUT2D eigenvalue weighted by molar-refractivity contribution is 6.08. The molecule has 1 N–H and O–H groups in total. The second-order valence-electron chi connectivity index (χ2n) is 6.41. The number of hydrogen-bond acceptors (Lipinski definition) is 3. The van der Waals surface area contributed by atoms with Gasteiger partial charge in [-0.3, -0.25) is 19.7 Å². The van der Waals surface area contributed by atoms with Gasteiger partial charge < -0.3 is 4.90 Å². The molecule has 0 aromatic heterocycles. The number of rotatable bonds is 3. The van der Waals surface area contributed by atoms with Crippen LogP contribution in [0.15, 0.2) is 18.2 Å². The summed E-state index contributed by atoms with van der Waals surface area (Å²) in [6.45, 7) is 0. The molecule has 5 nitrogen and oxygen atoms in total. The molecule has 1 aliphatic heterocycles. The molecule has 114 valence electrons. The number of carbonyl (C=O) groups excluding carboxylic acids is 3. The summed E-state index contributed by atoms with van der Waals surface area (Å²) in [4.78, 5) is 37.9. The minimum Gasteiger partial charge on any atom is -0.323 e. The Hall–Kier alpha value is -2.17. The Bertz CT molecular complexity index is 678. The van der Waals surface area contributed by atoms with Crippen LogP contribution >= 0.6 is 0 Å². The SMILES string of the molecule is O=C1C[C@@H](N(C(=O)c2ccc3c(c2)CCC3)C2CC2)C(=O)N1. The third-order valence-electron chi connectivity index (χ3n) is 4.80. The zero-order chi connectivity index (χ0) is 15.3. The van der Waals surface area contributed by atoms with Crippen LogP contribution in [0, 0.1) is 0 Å². The van der Waals surface area contributed by atoms with Gasteiger partial charge in [0.05, 0.1) is 6.42 Å². The smallest absolute Gasteiger partial charge is 0.254 e. The topological polar surface area (TPSA) is 66.5 Å². The van der Waals surface area contributed by atoms with E-state index in [0.717, 1.165) is 32.1 Å². The summed E-state index contributed by atoms with van der Waals surface area (Å²) in [7, 11) is 0. The number of nitrogens with zero attached hydrogens (tertiary/aromatic N) is 1. The molecule has 0 unspecified atom stereocenters. The summed E-state index contributed by atoms with van der Waals surface area (Å²) in [5, 5.41) is 2.31. The maximum Gasteiger partial charge on any atom is 0.254 e. The number of imide groups is 1. The Balaban J connectivity index is 1.64. The van der Waals surface area contributed by atoms with Crippen molar-refractivity contribution in [2.45, 2.75) is 50.6 Å². The Morgan fingerprint density at radius 3 is 2.59 bits per heavy atom. The number of nitrogens with one attached hydrogen (secondary N) is 1. The molecular formula is C17H18N2O3. The van der Waals surface area contributed by atoms with Crippen LogP contribution in [-0.4, -0.2) is 34.7 Å². The van der Waals surface area contributed by atoms with Crippen molar-refractivity contribution in [1.29, 1.82) is 0 Å². The average Bonchev–Trinajstić information content (AvgIpc) is 3.11. The second kappa shape index (κ2) is 4.93. The Morgan fingerprint density at radius 2 is 1.91 bits per heavy atom. The van der Waals surface area contributed by atoms with Crippen molar-refractivity contribution in [3.05, 3.63) is 34.9 Å². The lowest BCUT2D eigenvalue weighted by Gasteiger charge is -2.27. The van der Waals surface area contributed by atoms with Crippen molar-refractivity contribution < 1.29 is 14.4 Å². The van der Waals surface area contributed by atoms with Gasteiger partial charge in [0.15, 0.2) is 0 Å². The molecule has 5 heteroatoms. The van der Waals surface area contributed by atoms with E-state index in [1.165, 1.54) is 11.1 Å². The number of fused-ring (bicyclic) bond motifs is 1. The lowest BCUT2D eigenvalue weighted by atomic mass is 10.0. The maximum absolute atomic E-state index is 12.9. The van der Waals surface area contributed by atoms with E-state index in [2.05, 4.69) is 5.32 Å². The molecule has 22 heavy (non-hydrogen) atoms. The third kappa shape index (κ3) is 2.21. The Labute approximate surface area is 128 Å². The van der Waals surface area contributed by atoms with Crippen molar-refractivity contribution in [3.8, 4) is 0 Å². The van der Waals surface area contributed by atoms with E-state index in [4.69, 9.17) is 0 Å². The van der Waals surface area contributed by atoms with E-state index in [9.17, 15) is 14.4 Å². The van der Waals surface area contributed by atoms with Gasteiger partial charge in [0.2, 0.25) is 11.8 Å². The molecule has 1 atom stereocenters. The first-order valence-electron chi connectivity index (χ1n) is 7.91. The predicted molar refractivity (Wildman–Crippen MR) is 79.2 cm³/mol. The van der Waals surface area contributed by atoms with Gasteiger partial charge in [-0.2, -0.15) is 0 Å². The first kappa shape index (κ1) is 13.5. The quantitative estimate of drug-likeness (QED) is 0.853. The van der Waals surface area contributed by atoms with Crippen LogP contribution in [0.2, 0.25) is 0 Å². The molecule has 0 bridgehead atoms. The summed E-state index contributed by atoms with van der Waals surface area (Å²) < 4.78 is 0. The van der Waals surface area contributed by atoms with E-state index in [-0.39, 0.29) is 30.2 Å². The fourth-order valence-electron chi connectivity index (χ4n) is 3.53. The van der Waals surface area contributed by atoms with Gasteiger partial charge in [-0.1, -0.05) is 6.07 Å². The molecule has 1 saturated heterocycles. The third-order valence-corrected chi connectivity index (χ3v) is 4.80. The van der Waals surface area contributed by atoms with Gasteiger partial charge in [0, 0.05) is 11.6 Å². The summed E-state index contributed by atoms with van der Waals surface area (Å²) in [5.74, 6) is -0.749. The van der Waals surface area contributed by atoms with Crippen LogP contribution in [0.4, 0.5) is 0 Å². The average molecular weight is 298 g/mol. The van der Waals surface area contributed by atoms with Gasteiger partial charge in [0.25, 0.3) is 5.91 Å². The van der Waals surface area contributed by atoms with Gasteiger partial charge in [0.1, 0.15) is 6.04 Å². The van der Waals surface area contributed by atoms with Crippen molar-refractivity contribution in [3.63, 3.8) is 0 Å². The highest BCUT2D eigenvalue weighted by Crippen LogP contribution is 2.33. The molecule has 1 aromatic rings. The zero-order valence-electron chi connectivity index (χ0n) is 12.3. The van der Waals surface area contributed by atoms with E-state index < -0.39 is 6.04 Å². The lowest BCUT2D eigenvalue weighted by molar-refractivity contribution is -0.126. The van der Waals surface area contributed by atoms with Crippen LogP contribution in [0.3, 0.4) is 0 Å². The molecule has 1 heterocycles. The number of amides is 3. The Morgan fingerprint density at radius 1 is 1.14 bits per heavy atom. The van der Waals surface area contributed by atoms with Crippen molar-refractivity contribution in [2.75, 3.05) is 0 Å². The Kier molecular flexibility index (Phi) is 3.03. The van der Waals surface area contributed by atoms with Gasteiger partial charge >= 0.3 is 0 Å². The molecule has 1 saturated carbocycles. The summed E-state index contributed by atoms with van der Waals surface area (Å²) >= 11 is 0.